The summed E-state index contributed by atoms with van der Waals surface area (Å²) in [5.41, 5.74) is 5.74. The van der Waals surface area contributed by atoms with Crippen molar-refractivity contribution in [3.63, 3.8) is 0 Å². The van der Waals surface area contributed by atoms with Crippen molar-refractivity contribution in [2.45, 2.75) is 33.3 Å². The number of aryl methyl sites for hydroxylation is 1. The van der Waals surface area contributed by atoms with Crippen LogP contribution in [0.3, 0.4) is 0 Å². The molecule has 0 aliphatic carbocycles. The number of carboxylic acid groups (broad SMARTS) is 1. The molecule has 0 aliphatic rings. The van der Waals surface area contributed by atoms with Crippen LogP contribution in [-0.4, -0.2) is 21.2 Å². The van der Waals surface area contributed by atoms with E-state index in [1.807, 2.05) is 57.2 Å². The molecule has 0 saturated heterocycles. The van der Waals surface area contributed by atoms with E-state index in [1.54, 1.807) is 24.3 Å². The molecule has 0 unspecified atom stereocenters. The first kappa shape index (κ1) is 25.8. The van der Waals surface area contributed by atoms with Gasteiger partial charge in [-0.2, -0.15) is 0 Å². The van der Waals surface area contributed by atoms with Crippen molar-refractivity contribution >= 4 is 40.1 Å². The Balaban J connectivity index is 1.42. The van der Waals surface area contributed by atoms with Crippen LogP contribution in [0.4, 0.5) is 0 Å². The molecule has 5 aromatic rings. The molecule has 0 saturated carbocycles. The number of aromatic carboxylic acids is 1. The summed E-state index contributed by atoms with van der Waals surface area (Å²) in [5, 5.41) is 15.3. The average Bonchev–Trinajstić information content (AvgIpc) is 3.30. The Hall–Kier alpha value is -3.87. The lowest BCUT2D eigenvalue weighted by Crippen LogP contribution is -2.02. The minimum atomic E-state index is -1.05. The molecule has 8 heteroatoms. The molecular weight excluding hydrogens is 523 g/mol. The Labute approximate surface area is 229 Å². The molecule has 192 valence electrons. The molecule has 0 radical (unpaired) electrons. The van der Waals surface area contributed by atoms with Crippen molar-refractivity contribution in [2.24, 2.45) is 0 Å². The topological polar surface area (TPSA) is 85.5 Å². The normalized spacial score (nSPS) is 11.3. The number of carboxylic acids is 1. The van der Waals surface area contributed by atoms with Crippen molar-refractivity contribution in [3.8, 4) is 28.1 Å². The van der Waals surface area contributed by atoms with Crippen molar-refractivity contribution in [2.75, 3.05) is 0 Å². The molecule has 0 fully saturated rings. The van der Waals surface area contributed by atoms with Crippen molar-refractivity contribution < 1.29 is 19.2 Å². The predicted octanol–water partition coefficient (Wildman–Crippen LogP) is 8.57. The molecule has 0 spiro atoms. The molecule has 0 atom stereocenters. The summed E-state index contributed by atoms with van der Waals surface area (Å²) in [6, 6.07) is 20.3. The van der Waals surface area contributed by atoms with Crippen LogP contribution in [0.2, 0.25) is 10.0 Å². The molecule has 6 nitrogen and oxygen atoms in total. The quantitative estimate of drug-likeness (QED) is 0.220. The fourth-order valence-corrected chi connectivity index (χ4v) is 5.03. The van der Waals surface area contributed by atoms with Gasteiger partial charge in [-0.05, 0) is 66.1 Å². The summed E-state index contributed by atoms with van der Waals surface area (Å²) < 4.78 is 11.9. The molecule has 0 bridgehead atoms. The SMILES string of the molecule is Cc1cc(OCc2c(-c3c(Cl)cccc3Cl)noc2C(C)C)ccc1-c1ccc2nc(C(=O)O)ccc2c1. The molecule has 1 N–H and O–H groups in total. The number of hydrogen-bond donors (Lipinski definition) is 1. The third kappa shape index (κ3) is 4.97. The number of hydrogen-bond acceptors (Lipinski definition) is 5. The Kier molecular flexibility index (Phi) is 7.11. The Morgan fingerprint density at radius 1 is 1.03 bits per heavy atom. The standard InChI is InChI=1S/C30H24Cl2N2O4/c1-16(2)29-22(28(34-38-29)27-23(31)5-4-6-24(27)32)15-37-20-9-10-21(17(3)13-20)18-7-11-25-19(14-18)8-12-26(33-25)30(35)36/h4-14,16H,15H2,1-3H3,(H,35,36). The number of ether oxygens (including phenoxy) is 1. The molecular formula is C30H24Cl2N2O4. The molecule has 0 amide bonds. The van der Waals surface area contributed by atoms with E-state index in [1.165, 1.54) is 6.07 Å². The highest BCUT2D eigenvalue weighted by Crippen LogP contribution is 2.39. The molecule has 5 rings (SSSR count). The summed E-state index contributed by atoms with van der Waals surface area (Å²) in [5.74, 6) is 0.470. The lowest BCUT2D eigenvalue weighted by molar-refractivity contribution is 0.0691. The van der Waals surface area contributed by atoms with Gasteiger partial charge in [0.15, 0.2) is 0 Å². The van der Waals surface area contributed by atoms with E-state index in [-0.39, 0.29) is 18.2 Å². The smallest absolute Gasteiger partial charge is 0.354 e. The predicted molar refractivity (Wildman–Crippen MR) is 149 cm³/mol. The summed E-state index contributed by atoms with van der Waals surface area (Å²) in [6.45, 7) is 6.32. The largest absolute Gasteiger partial charge is 0.489 e. The Morgan fingerprint density at radius 3 is 2.47 bits per heavy atom. The zero-order valence-corrected chi connectivity index (χ0v) is 22.5. The minimum Gasteiger partial charge on any atom is -0.489 e. The fraction of sp³-hybridized carbons (Fsp3) is 0.167. The first-order valence-corrected chi connectivity index (χ1v) is 12.8. The monoisotopic (exact) mass is 546 g/mol. The van der Waals surface area contributed by atoms with Gasteiger partial charge in [-0.3, -0.25) is 0 Å². The number of carbonyl (C=O) groups is 1. The lowest BCUT2D eigenvalue weighted by atomic mass is 9.98. The zero-order valence-electron chi connectivity index (χ0n) is 21.0. The van der Waals surface area contributed by atoms with Gasteiger partial charge >= 0.3 is 5.97 Å². The van der Waals surface area contributed by atoms with E-state index in [4.69, 9.17) is 32.5 Å². The third-order valence-corrected chi connectivity index (χ3v) is 6.97. The van der Waals surface area contributed by atoms with Gasteiger partial charge in [0.05, 0.1) is 21.1 Å². The average molecular weight is 547 g/mol. The van der Waals surface area contributed by atoms with Crippen LogP contribution in [-0.2, 0) is 6.61 Å². The molecule has 2 aromatic heterocycles. The fourth-order valence-electron chi connectivity index (χ4n) is 4.45. The van der Waals surface area contributed by atoms with E-state index in [0.29, 0.717) is 32.6 Å². The number of fused-ring (bicyclic) bond motifs is 1. The number of nitrogens with zero attached hydrogens (tertiary/aromatic N) is 2. The molecule has 2 heterocycles. The number of rotatable bonds is 7. The van der Waals surface area contributed by atoms with Crippen molar-refractivity contribution in [3.05, 3.63) is 99.4 Å². The third-order valence-electron chi connectivity index (χ3n) is 6.34. The maximum absolute atomic E-state index is 11.2. The number of aromatic nitrogens is 2. The number of pyridine rings is 1. The number of benzene rings is 3. The maximum atomic E-state index is 11.2. The van der Waals surface area contributed by atoms with Gasteiger partial charge in [-0.1, -0.05) is 66.5 Å². The zero-order chi connectivity index (χ0) is 27.0. The van der Waals surface area contributed by atoms with Crippen LogP contribution in [0.25, 0.3) is 33.3 Å². The van der Waals surface area contributed by atoms with Crippen LogP contribution in [0, 0.1) is 6.92 Å². The maximum Gasteiger partial charge on any atom is 0.354 e. The Bertz CT molecular complexity index is 1660. The first-order chi connectivity index (χ1) is 18.2. The molecule has 38 heavy (non-hydrogen) atoms. The van der Waals surface area contributed by atoms with Gasteiger partial charge in [0, 0.05) is 16.9 Å². The van der Waals surface area contributed by atoms with Gasteiger partial charge in [0.2, 0.25) is 0 Å². The highest BCUT2D eigenvalue weighted by molar-refractivity contribution is 6.39. The second-order valence-electron chi connectivity index (χ2n) is 9.30. The Morgan fingerprint density at radius 2 is 1.79 bits per heavy atom. The van der Waals surface area contributed by atoms with Crippen LogP contribution in [0.15, 0.2) is 71.3 Å². The summed E-state index contributed by atoms with van der Waals surface area (Å²) in [7, 11) is 0. The van der Waals surface area contributed by atoms with Gasteiger partial charge < -0.3 is 14.4 Å². The summed E-state index contributed by atoms with van der Waals surface area (Å²) in [4.78, 5) is 15.4. The molecule has 3 aromatic carbocycles. The van der Waals surface area contributed by atoms with Gasteiger partial charge in [0.1, 0.15) is 29.5 Å². The van der Waals surface area contributed by atoms with Crippen LogP contribution >= 0.6 is 23.2 Å². The van der Waals surface area contributed by atoms with E-state index < -0.39 is 5.97 Å². The second-order valence-corrected chi connectivity index (χ2v) is 10.1. The van der Waals surface area contributed by atoms with E-state index in [2.05, 4.69) is 10.1 Å². The first-order valence-electron chi connectivity index (χ1n) is 12.0. The highest BCUT2D eigenvalue weighted by Gasteiger charge is 2.24. The van der Waals surface area contributed by atoms with Crippen LogP contribution < -0.4 is 4.74 Å². The number of halogens is 2. The van der Waals surface area contributed by atoms with Gasteiger partial charge in [0.25, 0.3) is 0 Å². The van der Waals surface area contributed by atoms with Crippen molar-refractivity contribution in [1.82, 2.24) is 10.1 Å². The van der Waals surface area contributed by atoms with E-state index >= 15 is 0 Å². The summed E-state index contributed by atoms with van der Waals surface area (Å²) in [6.07, 6.45) is 0. The second kappa shape index (κ2) is 10.5. The minimum absolute atomic E-state index is 0.0244. The highest BCUT2D eigenvalue weighted by atomic mass is 35.5. The van der Waals surface area contributed by atoms with Crippen LogP contribution in [0.5, 0.6) is 5.75 Å². The lowest BCUT2D eigenvalue weighted by Gasteiger charge is -2.13. The van der Waals surface area contributed by atoms with Gasteiger partial charge in [-0.15, -0.1) is 0 Å². The van der Waals surface area contributed by atoms with E-state index in [0.717, 1.165) is 33.4 Å². The van der Waals surface area contributed by atoms with E-state index in [9.17, 15) is 9.90 Å². The van der Waals surface area contributed by atoms with Crippen LogP contribution in [0.1, 0.15) is 47.1 Å². The van der Waals surface area contributed by atoms with Crippen molar-refractivity contribution in [1.29, 1.82) is 0 Å². The molecule has 0 aliphatic heterocycles. The summed E-state index contributed by atoms with van der Waals surface area (Å²) >= 11 is 12.9. The van der Waals surface area contributed by atoms with Gasteiger partial charge in [-0.25, -0.2) is 9.78 Å².